The van der Waals surface area contributed by atoms with Crippen molar-refractivity contribution in [1.82, 2.24) is 10.4 Å². The Morgan fingerprint density at radius 2 is 2.00 bits per heavy atom. The van der Waals surface area contributed by atoms with Gasteiger partial charge < -0.3 is 4.74 Å². The molecular weight excluding hydrogens is 216 g/mol. The number of ether oxygens (including phenoxy) is 1. The van der Waals surface area contributed by atoms with Crippen molar-refractivity contribution in [1.29, 1.82) is 0 Å². The van der Waals surface area contributed by atoms with E-state index in [0.29, 0.717) is 19.6 Å². The van der Waals surface area contributed by atoms with Crippen molar-refractivity contribution in [3.05, 3.63) is 29.8 Å². The van der Waals surface area contributed by atoms with Gasteiger partial charge in [-0.1, -0.05) is 0 Å². The Bertz CT molecular complexity index is 349. The summed E-state index contributed by atoms with van der Waals surface area (Å²) in [7, 11) is 3.74. The van der Waals surface area contributed by atoms with E-state index in [1.165, 1.54) is 0 Å². The number of hydrogen-bond acceptors (Lipinski definition) is 4. The smallest absolute Gasteiger partial charge is 0.164 e. The topological polar surface area (TPSA) is 41.6 Å². The number of rotatable bonds is 7. The fourth-order valence-corrected chi connectivity index (χ4v) is 1.43. The number of hydrogen-bond donors (Lipinski definition) is 1. The second-order valence-corrected chi connectivity index (χ2v) is 3.78. The Labute approximate surface area is 103 Å². The van der Waals surface area contributed by atoms with Gasteiger partial charge in [0.1, 0.15) is 5.75 Å². The number of Topliss-reactive ketones (excluding diaryl/α,β-unsaturated/α-hetero) is 1. The highest BCUT2D eigenvalue weighted by molar-refractivity contribution is 5.96. The average molecular weight is 236 g/mol. The third-order valence-electron chi connectivity index (χ3n) is 2.54. The molecular formula is C13H20N2O2. The van der Waals surface area contributed by atoms with E-state index < -0.39 is 0 Å². The minimum absolute atomic E-state index is 0.148. The Kier molecular flexibility index (Phi) is 5.66. The molecule has 1 aromatic carbocycles. The summed E-state index contributed by atoms with van der Waals surface area (Å²) in [4.78, 5) is 11.8. The van der Waals surface area contributed by atoms with Crippen LogP contribution in [0.15, 0.2) is 24.3 Å². The number of nitrogens with zero attached hydrogens (tertiary/aromatic N) is 1. The molecule has 0 unspecified atom stereocenters. The molecule has 94 valence electrons. The maximum Gasteiger partial charge on any atom is 0.164 e. The monoisotopic (exact) mass is 236 g/mol. The normalized spacial score (nSPS) is 10.6. The second-order valence-electron chi connectivity index (χ2n) is 3.78. The molecule has 4 nitrogen and oxygen atoms in total. The molecule has 0 aliphatic carbocycles. The van der Waals surface area contributed by atoms with Crippen LogP contribution in [-0.4, -0.2) is 38.0 Å². The summed E-state index contributed by atoms with van der Waals surface area (Å²) >= 11 is 0. The first-order valence-electron chi connectivity index (χ1n) is 5.82. The number of carbonyl (C=O) groups excluding carboxylic acids is 1. The number of nitrogens with one attached hydrogen (secondary N) is 1. The van der Waals surface area contributed by atoms with Crippen molar-refractivity contribution in [2.75, 3.05) is 27.2 Å². The van der Waals surface area contributed by atoms with Gasteiger partial charge in [0, 0.05) is 25.6 Å². The maximum atomic E-state index is 11.8. The molecule has 0 saturated heterocycles. The highest BCUT2D eigenvalue weighted by Crippen LogP contribution is 2.13. The summed E-state index contributed by atoms with van der Waals surface area (Å²) in [6.45, 7) is 3.27. The summed E-state index contributed by atoms with van der Waals surface area (Å²) in [6, 6.07) is 7.29. The second kappa shape index (κ2) is 7.04. The van der Waals surface area contributed by atoms with Crippen molar-refractivity contribution < 1.29 is 9.53 Å². The van der Waals surface area contributed by atoms with Gasteiger partial charge in [-0.3, -0.25) is 10.2 Å². The molecule has 0 radical (unpaired) electrons. The van der Waals surface area contributed by atoms with Crippen LogP contribution in [0.2, 0.25) is 0 Å². The average Bonchev–Trinajstić information content (AvgIpc) is 2.36. The first-order chi connectivity index (χ1) is 8.17. The van der Waals surface area contributed by atoms with Gasteiger partial charge in [0.2, 0.25) is 0 Å². The lowest BCUT2D eigenvalue weighted by Gasteiger charge is -2.13. The molecule has 0 atom stereocenters. The van der Waals surface area contributed by atoms with Crippen LogP contribution in [0.5, 0.6) is 5.75 Å². The van der Waals surface area contributed by atoms with E-state index in [2.05, 4.69) is 5.43 Å². The summed E-state index contributed by atoms with van der Waals surface area (Å²) < 4.78 is 5.33. The van der Waals surface area contributed by atoms with Crippen LogP contribution in [0.4, 0.5) is 0 Å². The molecule has 0 amide bonds. The zero-order chi connectivity index (χ0) is 12.7. The third-order valence-corrected chi connectivity index (χ3v) is 2.54. The van der Waals surface area contributed by atoms with Gasteiger partial charge in [-0.05, 0) is 38.2 Å². The number of benzene rings is 1. The number of ketones is 1. The van der Waals surface area contributed by atoms with E-state index in [-0.39, 0.29) is 5.78 Å². The van der Waals surface area contributed by atoms with E-state index in [4.69, 9.17) is 4.74 Å². The molecule has 0 bridgehead atoms. The SMILES string of the molecule is CCOc1ccc(C(=O)CCN(C)NC)cc1. The highest BCUT2D eigenvalue weighted by atomic mass is 16.5. The molecule has 0 aromatic heterocycles. The Hall–Kier alpha value is -1.39. The fourth-order valence-electron chi connectivity index (χ4n) is 1.43. The van der Waals surface area contributed by atoms with Crippen LogP contribution < -0.4 is 10.2 Å². The zero-order valence-electron chi connectivity index (χ0n) is 10.7. The van der Waals surface area contributed by atoms with Crippen molar-refractivity contribution in [3.8, 4) is 5.75 Å². The molecule has 1 rings (SSSR count). The predicted octanol–water partition coefficient (Wildman–Crippen LogP) is 1.72. The molecule has 1 N–H and O–H groups in total. The maximum absolute atomic E-state index is 11.8. The zero-order valence-corrected chi connectivity index (χ0v) is 10.7. The van der Waals surface area contributed by atoms with Gasteiger partial charge in [-0.2, -0.15) is 0 Å². The van der Waals surface area contributed by atoms with Crippen LogP contribution in [0, 0.1) is 0 Å². The van der Waals surface area contributed by atoms with Crippen molar-refractivity contribution >= 4 is 5.78 Å². The Balaban J connectivity index is 2.51. The van der Waals surface area contributed by atoms with Gasteiger partial charge in [0.05, 0.1) is 6.61 Å². The molecule has 0 aliphatic heterocycles. The lowest BCUT2D eigenvalue weighted by atomic mass is 10.1. The Morgan fingerprint density at radius 1 is 1.35 bits per heavy atom. The lowest BCUT2D eigenvalue weighted by Crippen LogP contribution is -2.32. The minimum Gasteiger partial charge on any atom is -0.494 e. The van der Waals surface area contributed by atoms with Crippen LogP contribution in [0.1, 0.15) is 23.7 Å². The van der Waals surface area contributed by atoms with Gasteiger partial charge in [-0.15, -0.1) is 0 Å². The molecule has 17 heavy (non-hydrogen) atoms. The van der Waals surface area contributed by atoms with E-state index in [1.807, 2.05) is 50.3 Å². The van der Waals surface area contributed by atoms with Gasteiger partial charge in [0.25, 0.3) is 0 Å². The van der Waals surface area contributed by atoms with E-state index >= 15 is 0 Å². The van der Waals surface area contributed by atoms with E-state index in [9.17, 15) is 4.79 Å². The first-order valence-corrected chi connectivity index (χ1v) is 5.82. The quantitative estimate of drug-likeness (QED) is 0.578. The first kappa shape index (κ1) is 13.7. The minimum atomic E-state index is 0.148. The molecule has 0 spiro atoms. The fraction of sp³-hybridized carbons (Fsp3) is 0.462. The number of carbonyl (C=O) groups is 1. The summed E-state index contributed by atoms with van der Waals surface area (Å²) in [5.74, 6) is 0.951. The molecule has 0 heterocycles. The van der Waals surface area contributed by atoms with Gasteiger partial charge in [-0.25, -0.2) is 5.01 Å². The summed E-state index contributed by atoms with van der Waals surface area (Å²) in [5.41, 5.74) is 3.69. The van der Waals surface area contributed by atoms with Crippen molar-refractivity contribution in [2.24, 2.45) is 0 Å². The lowest BCUT2D eigenvalue weighted by molar-refractivity contribution is 0.0961. The van der Waals surface area contributed by atoms with Crippen molar-refractivity contribution in [2.45, 2.75) is 13.3 Å². The molecule has 0 fully saturated rings. The van der Waals surface area contributed by atoms with Gasteiger partial charge in [0.15, 0.2) is 5.78 Å². The van der Waals surface area contributed by atoms with E-state index in [0.717, 1.165) is 11.3 Å². The van der Waals surface area contributed by atoms with Crippen LogP contribution >= 0.6 is 0 Å². The summed E-state index contributed by atoms with van der Waals surface area (Å²) in [6.07, 6.45) is 0.505. The summed E-state index contributed by atoms with van der Waals surface area (Å²) in [5, 5.41) is 1.88. The third kappa shape index (κ3) is 4.54. The number of hydrazine groups is 1. The standard InChI is InChI=1S/C13H20N2O2/c1-4-17-12-7-5-11(6-8-12)13(16)9-10-15(3)14-2/h5-8,14H,4,9-10H2,1-3H3. The van der Waals surface area contributed by atoms with Crippen LogP contribution in [0.3, 0.4) is 0 Å². The van der Waals surface area contributed by atoms with E-state index in [1.54, 1.807) is 0 Å². The van der Waals surface area contributed by atoms with Gasteiger partial charge >= 0.3 is 0 Å². The van der Waals surface area contributed by atoms with Crippen LogP contribution in [-0.2, 0) is 0 Å². The van der Waals surface area contributed by atoms with Crippen LogP contribution in [0.25, 0.3) is 0 Å². The molecule has 0 saturated carbocycles. The molecule has 0 aliphatic rings. The molecule has 4 heteroatoms. The largest absolute Gasteiger partial charge is 0.494 e. The molecule has 1 aromatic rings. The highest BCUT2D eigenvalue weighted by Gasteiger charge is 2.06. The Morgan fingerprint density at radius 3 is 2.53 bits per heavy atom. The predicted molar refractivity (Wildman–Crippen MR) is 68.2 cm³/mol. The van der Waals surface area contributed by atoms with Crippen molar-refractivity contribution in [3.63, 3.8) is 0 Å².